The summed E-state index contributed by atoms with van der Waals surface area (Å²) in [7, 11) is 0. The van der Waals surface area contributed by atoms with Crippen molar-refractivity contribution in [2.75, 3.05) is 6.61 Å². The minimum Gasteiger partial charge on any atom is -0.432 e. The number of unbranched alkanes of at least 4 members (excludes halogenated alkanes) is 4. The summed E-state index contributed by atoms with van der Waals surface area (Å²) < 4.78 is 5.11. The van der Waals surface area contributed by atoms with Gasteiger partial charge in [0.1, 0.15) is 0 Å². The third kappa shape index (κ3) is 14.1. The second kappa shape index (κ2) is 12.7. The van der Waals surface area contributed by atoms with E-state index in [0.717, 1.165) is 25.7 Å². The summed E-state index contributed by atoms with van der Waals surface area (Å²) in [5, 5.41) is 4.41. The quantitative estimate of drug-likeness (QED) is 0.203. The summed E-state index contributed by atoms with van der Waals surface area (Å²) in [6, 6.07) is 0. The van der Waals surface area contributed by atoms with Gasteiger partial charge in [-0.15, -0.1) is 0 Å². The zero-order chi connectivity index (χ0) is 16.8. The molecule has 0 saturated carbocycles. The van der Waals surface area contributed by atoms with Gasteiger partial charge in [0.2, 0.25) is 0 Å². The van der Waals surface area contributed by atoms with E-state index in [9.17, 15) is 4.79 Å². The van der Waals surface area contributed by atoms with Gasteiger partial charge in [-0.2, -0.15) is 4.89 Å². The van der Waals surface area contributed by atoms with Crippen LogP contribution in [0, 0.1) is 5.92 Å². The van der Waals surface area contributed by atoms with Crippen LogP contribution in [0.25, 0.3) is 0 Å². The zero-order valence-corrected chi connectivity index (χ0v) is 15.0. The van der Waals surface area contributed by atoms with Gasteiger partial charge < -0.3 is 4.74 Å². The van der Waals surface area contributed by atoms with E-state index in [-0.39, 0.29) is 0 Å². The standard InChI is InChI=1S/C17H34O5/c1-6-8-10-11-13-15(12-9-7-2)14-19-16(18)20-22-21-17(3,4)5/h15H,6-14H2,1-5H3. The molecule has 0 bridgehead atoms. The van der Waals surface area contributed by atoms with Crippen LogP contribution in [0.5, 0.6) is 0 Å². The molecule has 0 aromatic rings. The average molecular weight is 318 g/mol. The number of carbonyl (C=O) groups is 1. The maximum absolute atomic E-state index is 11.4. The predicted octanol–water partition coefficient (Wildman–Crippen LogP) is 5.58. The molecule has 5 nitrogen and oxygen atoms in total. The molecule has 22 heavy (non-hydrogen) atoms. The smallest absolute Gasteiger partial charge is 0.432 e. The number of hydrogen-bond donors (Lipinski definition) is 0. The van der Waals surface area contributed by atoms with Crippen LogP contribution >= 0.6 is 0 Å². The molecule has 0 N–H and O–H groups in total. The van der Waals surface area contributed by atoms with Crippen molar-refractivity contribution in [1.82, 2.24) is 0 Å². The largest absolute Gasteiger partial charge is 0.542 e. The van der Waals surface area contributed by atoms with Gasteiger partial charge in [0.05, 0.1) is 12.2 Å². The number of rotatable bonds is 12. The predicted molar refractivity (Wildman–Crippen MR) is 86.1 cm³/mol. The summed E-state index contributed by atoms with van der Waals surface area (Å²) in [5.74, 6) is 0.396. The van der Waals surface area contributed by atoms with E-state index < -0.39 is 11.8 Å². The van der Waals surface area contributed by atoms with Crippen molar-refractivity contribution in [2.24, 2.45) is 5.92 Å². The van der Waals surface area contributed by atoms with Crippen molar-refractivity contribution in [3.8, 4) is 0 Å². The molecule has 0 spiro atoms. The fourth-order valence-electron chi connectivity index (χ4n) is 2.02. The summed E-state index contributed by atoms with van der Waals surface area (Å²) in [4.78, 5) is 20.7. The summed E-state index contributed by atoms with van der Waals surface area (Å²) >= 11 is 0. The van der Waals surface area contributed by atoms with E-state index in [4.69, 9.17) is 9.62 Å². The van der Waals surface area contributed by atoms with E-state index in [1.807, 2.05) is 0 Å². The van der Waals surface area contributed by atoms with E-state index in [2.05, 4.69) is 23.8 Å². The van der Waals surface area contributed by atoms with E-state index >= 15 is 0 Å². The lowest BCUT2D eigenvalue weighted by Gasteiger charge is -2.17. The SMILES string of the molecule is CCCCCCC(CCCC)COC(=O)OOOC(C)(C)C. The van der Waals surface area contributed by atoms with Crippen LogP contribution in [0.2, 0.25) is 0 Å². The van der Waals surface area contributed by atoms with Crippen LogP contribution in [0.15, 0.2) is 0 Å². The lowest BCUT2D eigenvalue weighted by atomic mass is 9.96. The molecule has 0 radical (unpaired) electrons. The summed E-state index contributed by atoms with van der Waals surface area (Å²) in [6.07, 6.45) is 8.55. The summed E-state index contributed by atoms with van der Waals surface area (Å²) in [5.41, 5.74) is -0.538. The molecule has 1 unspecified atom stereocenters. The van der Waals surface area contributed by atoms with Crippen LogP contribution in [0.3, 0.4) is 0 Å². The molecular weight excluding hydrogens is 284 g/mol. The van der Waals surface area contributed by atoms with Gasteiger partial charge in [-0.05, 0) is 44.6 Å². The first-order chi connectivity index (χ1) is 10.4. The Morgan fingerprint density at radius 1 is 0.955 bits per heavy atom. The molecule has 0 aliphatic rings. The summed E-state index contributed by atoms with van der Waals surface area (Å²) in [6.45, 7) is 10.1. The Morgan fingerprint density at radius 2 is 1.59 bits per heavy atom. The lowest BCUT2D eigenvalue weighted by Crippen LogP contribution is -2.22. The Bertz CT molecular complexity index is 273. The van der Waals surface area contributed by atoms with Crippen LogP contribution in [-0.2, 0) is 19.6 Å². The van der Waals surface area contributed by atoms with Crippen molar-refractivity contribution in [2.45, 2.75) is 91.6 Å². The van der Waals surface area contributed by atoms with Gasteiger partial charge in [0, 0.05) is 0 Å². The Kier molecular flexibility index (Phi) is 12.2. The van der Waals surface area contributed by atoms with Crippen molar-refractivity contribution in [1.29, 1.82) is 0 Å². The molecule has 5 heteroatoms. The van der Waals surface area contributed by atoms with Gasteiger partial charge in [0.25, 0.3) is 0 Å². The molecule has 0 rings (SSSR count). The second-order valence-electron chi connectivity index (χ2n) is 6.77. The van der Waals surface area contributed by atoms with Crippen molar-refractivity contribution in [3.05, 3.63) is 0 Å². The lowest BCUT2D eigenvalue weighted by molar-refractivity contribution is -0.514. The third-order valence-corrected chi connectivity index (χ3v) is 3.25. The Hall–Kier alpha value is -0.810. The number of ether oxygens (including phenoxy) is 1. The highest BCUT2D eigenvalue weighted by atomic mass is 17.5. The molecule has 0 fully saturated rings. The highest BCUT2D eigenvalue weighted by Gasteiger charge is 2.16. The molecule has 0 aromatic heterocycles. The van der Waals surface area contributed by atoms with E-state index in [0.29, 0.717) is 12.5 Å². The van der Waals surface area contributed by atoms with Gasteiger partial charge in [-0.25, -0.2) is 9.68 Å². The third-order valence-electron chi connectivity index (χ3n) is 3.25. The normalized spacial score (nSPS) is 13.0. The molecule has 0 saturated heterocycles. The Morgan fingerprint density at radius 3 is 2.18 bits per heavy atom. The molecule has 0 aromatic carbocycles. The Labute approximate surface area is 135 Å². The first-order valence-electron chi connectivity index (χ1n) is 8.58. The molecule has 0 aliphatic heterocycles. The monoisotopic (exact) mass is 318 g/mol. The maximum Gasteiger partial charge on any atom is 0.542 e. The van der Waals surface area contributed by atoms with Gasteiger partial charge >= 0.3 is 6.16 Å². The minimum atomic E-state index is -0.848. The van der Waals surface area contributed by atoms with Crippen molar-refractivity contribution < 1.29 is 24.3 Å². The fraction of sp³-hybridized carbons (Fsp3) is 0.941. The van der Waals surface area contributed by atoms with Gasteiger partial charge in [-0.3, -0.25) is 0 Å². The maximum atomic E-state index is 11.4. The fourth-order valence-corrected chi connectivity index (χ4v) is 2.02. The number of carbonyl (C=O) groups excluding carboxylic acids is 1. The molecule has 0 heterocycles. The van der Waals surface area contributed by atoms with E-state index in [1.54, 1.807) is 20.8 Å². The van der Waals surface area contributed by atoms with Crippen LogP contribution in [-0.4, -0.2) is 18.4 Å². The first kappa shape index (κ1) is 21.2. The Balaban J connectivity index is 3.90. The van der Waals surface area contributed by atoms with Crippen LogP contribution < -0.4 is 0 Å². The van der Waals surface area contributed by atoms with Gasteiger partial charge in [-0.1, -0.05) is 52.4 Å². The molecular formula is C17H34O5. The molecule has 0 aliphatic carbocycles. The van der Waals surface area contributed by atoms with E-state index in [1.165, 1.54) is 25.7 Å². The minimum absolute atomic E-state index is 0.379. The van der Waals surface area contributed by atoms with Crippen LogP contribution in [0.1, 0.15) is 86.0 Å². The first-order valence-corrected chi connectivity index (χ1v) is 8.58. The second-order valence-corrected chi connectivity index (χ2v) is 6.77. The van der Waals surface area contributed by atoms with Gasteiger partial charge in [0.15, 0.2) is 0 Å². The molecule has 132 valence electrons. The molecule has 0 amide bonds. The number of hydrogen-bond acceptors (Lipinski definition) is 5. The highest BCUT2D eigenvalue weighted by molar-refractivity contribution is 5.58. The molecule has 1 atom stereocenters. The van der Waals surface area contributed by atoms with Crippen LogP contribution in [0.4, 0.5) is 4.79 Å². The topological polar surface area (TPSA) is 54.0 Å². The van der Waals surface area contributed by atoms with Crippen molar-refractivity contribution >= 4 is 6.16 Å². The zero-order valence-electron chi connectivity index (χ0n) is 15.0. The van der Waals surface area contributed by atoms with Crippen molar-refractivity contribution in [3.63, 3.8) is 0 Å². The average Bonchev–Trinajstić information content (AvgIpc) is 2.44. The highest BCUT2D eigenvalue weighted by Crippen LogP contribution is 2.18.